The van der Waals surface area contributed by atoms with Crippen LogP contribution in [0.1, 0.15) is 25.1 Å². The van der Waals surface area contributed by atoms with Crippen LogP contribution in [0.25, 0.3) is 10.9 Å². The number of benzene rings is 1. The van der Waals surface area contributed by atoms with Crippen molar-refractivity contribution in [2.45, 2.75) is 33.5 Å². The van der Waals surface area contributed by atoms with Gasteiger partial charge in [-0.05, 0) is 25.5 Å². The molecule has 0 spiro atoms. The first kappa shape index (κ1) is 12.1. The molecule has 3 nitrogen and oxygen atoms in total. The number of nitrogens with zero attached hydrogens (tertiary/aromatic N) is 1. The summed E-state index contributed by atoms with van der Waals surface area (Å²) < 4.78 is 7.81. The van der Waals surface area contributed by atoms with Crippen LogP contribution < -0.4 is 5.73 Å². The third-order valence-electron chi connectivity index (χ3n) is 3.08. The van der Waals surface area contributed by atoms with Crippen molar-refractivity contribution in [3.63, 3.8) is 0 Å². The molecule has 17 heavy (non-hydrogen) atoms. The standard InChI is InChI=1S/C14H20N2O/c1-3-16-13(10-17-4-2)8-11-6-5-7-12(9-15)14(11)16/h5-8H,3-4,9-10,15H2,1-2H3. The summed E-state index contributed by atoms with van der Waals surface area (Å²) in [6.07, 6.45) is 0. The highest BCUT2D eigenvalue weighted by Gasteiger charge is 2.10. The molecule has 0 radical (unpaired) electrons. The van der Waals surface area contributed by atoms with Gasteiger partial charge < -0.3 is 15.0 Å². The summed E-state index contributed by atoms with van der Waals surface area (Å²) in [5.41, 5.74) is 9.49. The zero-order valence-electron chi connectivity index (χ0n) is 10.6. The molecule has 0 fully saturated rings. The third kappa shape index (κ3) is 2.21. The Hall–Kier alpha value is -1.32. The summed E-state index contributed by atoms with van der Waals surface area (Å²) in [5, 5.41) is 1.25. The van der Waals surface area contributed by atoms with Crippen molar-refractivity contribution in [2.75, 3.05) is 6.61 Å². The van der Waals surface area contributed by atoms with Crippen LogP contribution in [0, 0.1) is 0 Å². The molecule has 2 rings (SSSR count). The van der Waals surface area contributed by atoms with Crippen LogP contribution in [0.4, 0.5) is 0 Å². The predicted molar refractivity (Wildman–Crippen MR) is 70.8 cm³/mol. The van der Waals surface area contributed by atoms with E-state index in [1.807, 2.05) is 6.92 Å². The molecular weight excluding hydrogens is 212 g/mol. The van der Waals surface area contributed by atoms with E-state index in [2.05, 4.69) is 35.8 Å². The molecular formula is C14H20N2O. The van der Waals surface area contributed by atoms with Crippen LogP contribution in [-0.2, 0) is 24.4 Å². The second-order valence-corrected chi connectivity index (χ2v) is 4.08. The van der Waals surface area contributed by atoms with E-state index in [1.165, 1.54) is 22.2 Å². The van der Waals surface area contributed by atoms with Gasteiger partial charge in [-0.15, -0.1) is 0 Å². The molecule has 0 aliphatic rings. The Morgan fingerprint density at radius 1 is 1.29 bits per heavy atom. The second kappa shape index (κ2) is 5.34. The molecule has 0 aliphatic carbocycles. The number of para-hydroxylation sites is 1. The van der Waals surface area contributed by atoms with Gasteiger partial charge in [-0.25, -0.2) is 0 Å². The number of aromatic nitrogens is 1. The molecule has 2 aromatic rings. The first-order chi connectivity index (χ1) is 8.31. The van der Waals surface area contributed by atoms with Crippen molar-refractivity contribution in [3.05, 3.63) is 35.5 Å². The largest absolute Gasteiger partial charge is 0.376 e. The van der Waals surface area contributed by atoms with E-state index < -0.39 is 0 Å². The van der Waals surface area contributed by atoms with Gasteiger partial charge >= 0.3 is 0 Å². The summed E-state index contributed by atoms with van der Waals surface area (Å²) in [6, 6.07) is 8.50. The van der Waals surface area contributed by atoms with Crippen molar-refractivity contribution in [3.8, 4) is 0 Å². The van der Waals surface area contributed by atoms with Crippen LogP contribution in [0.15, 0.2) is 24.3 Å². The van der Waals surface area contributed by atoms with Crippen LogP contribution in [0.2, 0.25) is 0 Å². The van der Waals surface area contributed by atoms with Crippen molar-refractivity contribution < 1.29 is 4.74 Å². The molecule has 0 saturated carbocycles. The van der Waals surface area contributed by atoms with Gasteiger partial charge in [-0.2, -0.15) is 0 Å². The predicted octanol–water partition coefficient (Wildman–Crippen LogP) is 2.66. The lowest BCUT2D eigenvalue weighted by Crippen LogP contribution is -2.05. The minimum atomic E-state index is 0.579. The van der Waals surface area contributed by atoms with Crippen molar-refractivity contribution in [1.82, 2.24) is 4.57 Å². The normalized spacial score (nSPS) is 11.2. The highest BCUT2D eigenvalue weighted by molar-refractivity contribution is 5.84. The Labute approximate surface area is 102 Å². The molecule has 1 heterocycles. The SMILES string of the molecule is CCOCc1cc2cccc(CN)c2n1CC. The van der Waals surface area contributed by atoms with E-state index in [1.54, 1.807) is 0 Å². The summed E-state index contributed by atoms with van der Waals surface area (Å²) >= 11 is 0. The van der Waals surface area contributed by atoms with Gasteiger partial charge in [-0.1, -0.05) is 18.2 Å². The second-order valence-electron chi connectivity index (χ2n) is 4.08. The van der Waals surface area contributed by atoms with Crippen LogP contribution in [0.5, 0.6) is 0 Å². The molecule has 0 unspecified atom stereocenters. The monoisotopic (exact) mass is 232 g/mol. The quantitative estimate of drug-likeness (QED) is 0.861. The van der Waals surface area contributed by atoms with Gasteiger partial charge in [0.1, 0.15) is 0 Å². The summed E-state index contributed by atoms with van der Waals surface area (Å²) in [7, 11) is 0. The van der Waals surface area contributed by atoms with Crippen molar-refractivity contribution in [2.24, 2.45) is 5.73 Å². The number of fused-ring (bicyclic) bond motifs is 1. The number of ether oxygens (including phenoxy) is 1. The van der Waals surface area contributed by atoms with Crippen molar-refractivity contribution in [1.29, 1.82) is 0 Å². The van der Waals surface area contributed by atoms with Crippen molar-refractivity contribution >= 4 is 10.9 Å². The first-order valence-corrected chi connectivity index (χ1v) is 6.19. The third-order valence-corrected chi connectivity index (χ3v) is 3.08. The Kier molecular flexibility index (Phi) is 3.82. The average Bonchev–Trinajstić information content (AvgIpc) is 2.73. The maximum Gasteiger partial charge on any atom is 0.0867 e. The fraction of sp³-hybridized carbons (Fsp3) is 0.429. The molecule has 0 bridgehead atoms. The Morgan fingerprint density at radius 3 is 2.76 bits per heavy atom. The molecule has 0 aliphatic heterocycles. The van der Waals surface area contributed by atoms with E-state index in [4.69, 9.17) is 10.5 Å². The summed E-state index contributed by atoms with van der Waals surface area (Å²) in [4.78, 5) is 0. The number of hydrogen-bond donors (Lipinski definition) is 1. The van der Waals surface area contributed by atoms with Gasteiger partial charge in [0.15, 0.2) is 0 Å². The maximum atomic E-state index is 5.80. The minimum Gasteiger partial charge on any atom is -0.376 e. The van der Waals surface area contributed by atoms with Gasteiger partial charge in [0.25, 0.3) is 0 Å². The van der Waals surface area contributed by atoms with Crippen LogP contribution >= 0.6 is 0 Å². The van der Waals surface area contributed by atoms with E-state index in [-0.39, 0.29) is 0 Å². The summed E-state index contributed by atoms with van der Waals surface area (Å²) in [6.45, 7) is 7.11. The fourth-order valence-corrected chi connectivity index (χ4v) is 2.31. The summed E-state index contributed by atoms with van der Waals surface area (Å²) in [5.74, 6) is 0. The average molecular weight is 232 g/mol. The number of hydrogen-bond acceptors (Lipinski definition) is 2. The van der Waals surface area contributed by atoms with Crippen LogP contribution in [-0.4, -0.2) is 11.2 Å². The van der Waals surface area contributed by atoms with Gasteiger partial charge in [0, 0.05) is 30.8 Å². The molecule has 0 atom stereocenters. The molecule has 1 aromatic carbocycles. The minimum absolute atomic E-state index is 0.579. The van der Waals surface area contributed by atoms with E-state index in [0.717, 1.165) is 13.2 Å². The molecule has 0 saturated heterocycles. The van der Waals surface area contributed by atoms with E-state index in [9.17, 15) is 0 Å². The molecule has 2 N–H and O–H groups in total. The topological polar surface area (TPSA) is 40.2 Å². The number of rotatable bonds is 5. The highest BCUT2D eigenvalue weighted by Crippen LogP contribution is 2.24. The highest BCUT2D eigenvalue weighted by atomic mass is 16.5. The Morgan fingerprint density at radius 2 is 2.12 bits per heavy atom. The van der Waals surface area contributed by atoms with Gasteiger partial charge in [0.05, 0.1) is 12.1 Å². The number of aryl methyl sites for hydroxylation is 1. The smallest absolute Gasteiger partial charge is 0.0867 e. The molecule has 0 amide bonds. The Balaban J connectivity index is 2.55. The lowest BCUT2D eigenvalue weighted by Gasteiger charge is -2.10. The lowest BCUT2D eigenvalue weighted by atomic mass is 10.1. The molecule has 1 aromatic heterocycles. The van der Waals surface area contributed by atoms with E-state index >= 15 is 0 Å². The molecule has 3 heteroatoms. The first-order valence-electron chi connectivity index (χ1n) is 6.19. The lowest BCUT2D eigenvalue weighted by molar-refractivity contribution is 0.129. The van der Waals surface area contributed by atoms with Crippen LogP contribution in [0.3, 0.4) is 0 Å². The molecule has 92 valence electrons. The zero-order chi connectivity index (χ0) is 12.3. The van der Waals surface area contributed by atoms with Gasteiger partial charge in [-0.3, -0.25) is 0 Å². The van der Waals surface area contributed by atoms with E-state index in [0.29, 0.717) is 13.2 Å². The Bertz CT molecular complexity index is 502. The van der Waals surface area contributed by atoms with Gasteiger partial charge in [0.2, 0.25) is 0 Å². The fourth-order valence-electron chi connectivity index (χ4n) is 2.31. The number of nitrogens with two attached hydrogens (primary N) is 1. The maximum absolute atomic E-state index is 5.80. The zero-order valence-corrected chi connectivity index (χ0v) is 10.6.